The monoisotopic (exact) mass is 367 g/mol. The molecule has 27 heavy (non-hydrogen) atoms. The van der Waals surface area contributed by atoms with Gasteiger partial charge in [0, 0.05) is 18.8 Å². The Labute approximate surface area is 159 Å². The summed E-state index contributed by atoms with van der Waals surface area (Å²) in [6.07, 6.45) is 0.803. The number of benzene rings is 1. The summed E-state index contributed by atoms with van der Waals surface area (Å²) in [5.74, 6) is 1.46. The summed E-state index contributed by atoms with van der Waals surface area (Å²) >= 11 is 0. The predicted molar refractivity (Wildman–Crippen MR) is 103 cm³/mol. The van der Waals surface area contributed by atoms with Gasteiger partial charge in [-0.2, -0.15) is 5.10 Å². The van der Waals surface area contributed by atoms with Crippen molar-refractivity contribution in [3.05, 3.63) is 70.9 Å². The van der Waals surface area contributed by atoms with E-state index >= 15 is 0 Å². The number of nitrogens with zero attached hydrogens (tertiary/aromatic N) is 2. The lowest BCUT2D eigenvalue weighted by Gasteiger charge is -2.06. The van der Waals surface area contributed by atoms with Gasteiger partial charge in [-0.15, -0.1) is 0 Å². The lowest BCUT2D eigenvalue weighted by Crippen LogP contribution is -2.25. The maximum absolute atomic E-state index is 12.2. The van der Waals surface area contributed by atoms with E-state index in [-0.39, 0.29) is 12.5 Å². The van der Waals surface area contributed by atoms with Gasteiger partial charge in [-0.05, 0) is 57.5 Å². The van der Waals surface area contributed by atoms with Gasteiger partial charge >= 0.3 is 0 Å². The Kier molecular flexibility index (Phi) is 5.96. The summed E-state index contributed by atoms with van der Waals surface area (Å²) in [5.41, 5.74) is 3.31. The van der Waals surface area contributed by atoms with Crippen LogP contribution >= 0.6 is 0 Å². The molecule has 0 atom stereocenters. The lowest BCUT2D eigenvalue weighted by molar-refractivity contribution is 0.0920. The maximum atomic E-state index is 12.2. The average molecular weight is 367 g/mol. The van der Waals surface area contributed by atoms with E-state index in [1.54, 1.807) is 12.1 Å². The van der Waals surface area contributed by atoms with Gasteiger partial charge in [0.1, 0.15) is 18.1 Å². The van der Waals surface area contributed by atoms with E-state index in [2.05, 4.69) is 10.4 Å². The Bertz CT molecular complexity index is 894. The first-order chi connectivity index (χ1) is 13.0. The third kappa shape index (κ3) is 5.23. The van der Waals surface area contributed by atoms with E-state index in [1.165, 1.54) is 5.56 Å². The van der Waals surface area contributed by atoms with Crippen molar-refractivity contribution in [2.75, 3.05) is 6.54 Å². The van der Waals surface area contributed by atoms with Gasteiger partial charge in [0.15, 0.2) is 5.76 Å². The molecular formula is C21H25N3O3. The first kappa shape index (κ1) is 18.8. The Hall–Kier alpha value is -3.02. The molecule has 0 saturated carbocycles. The second kappa shape index (κ2) is 8.58. The zero-order valence-corrected chi connectivity index (χ0v) is 16.0. The quantitative estimate of drug-likeness (QED) is 0.615. The van der Waals surface area contributed by atoms with E-state index in [4.69, 9.17) is 9.15 Å². The number of carbonyl (C=O) groups excluding carboxylic acids is 1. The van der Waals surface area contributed by atoms with Crippen LogP contribution in [0.15, 0.2) is 46.9 Å². The van der Waals surface area contributed by atoms with Crippen LogP contribution in [-0.2, 0) is 13.2 Å². The number of aryl methyl sites for hydroxylation is 4. The minimum atomic E-state index is -0.218. The summed E-state index contributed by atoms with van der Waals surface area (Å²) in [6, 6.07) is 13.3. The molecule has 2 aromatic heterocycles. The van der Waals surface area contributed by atoms with Crippen molar-refractivity contribution >= 4 is 5.91 Å². The molecule has 1 amide bonds. The number of ether oxygens (including phenoxy) is 1. The number of rotatable bonds is 8. The van der Waals surface area contributed by atoms with Crippen molar-refractivity contribution in [2.45, 2.75) is 40.3 Å². The Morgan fingerprint density at radius 3 is 2.63 bits per heavy atom. The molecule has 0 aliphatic carbocycles. The highest BCUT2D eigenvalue weighted by Crippen LogP contribution is 2.15. The number of hydrogen-bond donors (Lipinski definition) is 1. The number of aromatic nitrogens is 2. The van der Waals surface area contributed by atoms with Gasteiger partial charge in [-0.3, -0.25) is 9.48 Å². The number of hydrogen-bond acceptors (Lipinski definition) is 4. The van der Waals surface area contributed by atoms with Crippen LogP contribution in [0.25, 0.3) is 0 Å². The van der Waals surface area contributed by atoms with Crippen LogP contribution < -0.4 is 10.1 Å². The molecule has 3 aromatic rings. The second-order valence-electron chi connectivity index (χ2n) is 6.63. The highest BCUT2D eigenvalue weighted by Gasteiger charge is 2.11. The number of amides is 1. The molecule has 0 unspecified atom stereocenters. The van der Waals surface area contributed by atoms with Crippen LogP contribution in [0.3, 0.4) is 0 Å². The van der Waals surface area contributed by atoms with E-state index in [9.17, 15) is 4.79 Å². The van der Waals surface area contributed by atoms with Crippen LogP contribution in [0.2, 0.25) is 0 Å². The number of carbonyl (C=O) groups is 1. The van der Waals surface area contributed by atoms with Crippen LogP contribution in [-0.4, -0.2) is 22.2 Å². The molecule has 0 saturated heterocycles. The van der Waals surface area contributed by atoms with Crippen LogP contribution in [0.4, 0.5) is 0 Å². The summed E-state index contributed by atoms with van der Waals surface area (Å²) in [7, 11) is 0. The van der Waals surface area contributed by atoms with Gasteiger partial charge in [0.2, 0.25) is 0 Å². The highest BCUT2D eigenvalue weighted by atomic mass is 16.5. The van der Waals surface area contributed by atoms with Crippen molar-refractivity contribution in [1.29, 1.82) is 0 Å². The molecule has 142 valence electrons. The maximum Gasteiger partial charge on any atom is 0.286 e. The Balaban J connectivity index is 1.42. The highest BCUT2D eigenvalue weighted by molar-refractivity contribution is 5.91. The molecule has 0 spiro atoms. The molecule has 0 aliphatic heterocycles. The third-order valence-corrected chi connectivity index (χ3v) is 4.22. The molecular weight excluding hydrogens is 342 g/mol. The van der Waals surface area contributed by atoms with E-state index in [0.717, 1.165) is 30.1 Å². The molecule has 0 aliphatic rings. The first-order valence-corrected chi connectivity index (χ1v) is 9.09. The van der Waals surface area contributed by atoms with Crippen molar-refractivity contribution in [3.63, 3.8) is 0 Å². The summed E-state index contributed by atoms with van der Waals surface area (Å²) in [5, 5.41) is 7.28. The standard InChI is InChI=1S/C21H25N3O3/c1-15-5-7-18(8-6-15)26-14-19-9-10-20(27-19)21(25)22-11-4-12-24-17(3)13-16(2)23-24/h5-10,13H,4,11-12,14H2,1-3H3,(H,22,25). The first-order valence-electron chi connectivity index (χ1n) is 9.09. The van der Waals surface area contributed by atoms with Crippen molar-refractivity contribution in [3.8, 4) is 5.75 Å². The molecule has 0 fully saturated rings. The minimum absolute atomic E-state index is 0.218. The molecule has 6 heteroatoms. The second-order valence-corrected chi connectivity index (χ2v) is 6.63. The molecule has 3 rings (SSSR count). The Morgan fingerprint density at radius 1 is 1.15 bits per heavy atom. The summed E-state index contributed by atoms with van der Waals surface area (Å²) in [4.78, 5) is 12.2. The molecule has 6 nitrogen and oxygen atoms in total. The summed E-state index contributed by atoms with van der Waals surface area (Å²) in [6.45, 7) is 7.65. The fraction of sp³-hybridized carbons (Fsp3) is 0.333. The smallest absolute Gasteiger partial charge is 0.286 e. The SMILES string of the molecule is Cc1ccc(OCc2ccc(C(=O)NCCCn3nc(C)cc3C)o2)cc1. The largest absolute Gasteiger partial charge is 0.486 e. The number of furan rings is 1. The molecule has 2 heterocycles. The number of nitrogens with one attached hydrogen (secondary N) is 1. The zero-order chi connectivity index (χ0) is 19.2. The third-order valence-electron chi connectivity index (χ3n) is 4.22. The van der Waals surface area contributed by atoms with Crippen LogP contribution in [0.5, 0.6) is 5.75 Å². The fourth-order valence-corrected chi connectivity index (χ4v) is 2.79. The van der Waals surface area contributed by atoms with Crippen molar-refractivity contribution < 1.29 is 13.9 Å². The summed E-state index contributed by atoms with van der Waals surface area (Å²) < 4.78 is 13.2. The zero-order valence-electron chi connectivity index (χ0n) is 16.0. The van der Waals surface area contributed by atoms with Crippen LogP contribution in [0, 0.1) is 20.8 Å². The van der Waals surface area contributed by atoms with Crippen LogP contribution in [0.1, 0.15) is 39.7 Å². The van der Waals surface area contributed by atoms with Gasteiger partial charge in [0.25, 0.3) is 5.91 Å². The minimum Gasteiger partial charge on any atom is -0.486 e. The molecule has 1 aromatic carbocycles. The van der Waals surface area contributed by atoms with Gasteiger partial charge in [0.05, 0.1) is 5.69 Å². The molecule has 0 bridgehead atoms. The van der Waals surface area contributed by atoms with Crippen molar-refractivity contribution in [2.24, 2.45) is 0 Å². The molecule has 1 N–H and O–H groups in total. The Morgan fingerprint density at radius 2 is 1.93 bits per heavy atom. The topological polar surface area (TPSA) is 69.3 Å². The van der Waals surface area contributed by atoms with Gasteiger partial charge < -0.3 is 14.5 Å². The van der Waals surface area contributed by atoms with E-state index in [1.807, 2.05) is 55.8 Å². The predicted octanol–water partition coefficient (Wildman–Crippen LogP) is 3.80. The van der Waals surface area contributed by atoms with Gasteiger partial charge in [-0.25, -0.2) is 0 Å². The van der Waals surface area contributed by atoms with E-state index in [0.29, 0.717) is 18.1 Å². The normalized spacial score (nSPS) is 10.8. The lowest BCUT2D eigenvalue weighted by atomic mass is 10.2. The average Bonchev–Trinajstić information content (AvgIpc) is 3.24. The fourth-order valence-electron chi connectivity index (χ4n) is 2.79. The van der Waals surface area contributed by atoms with Crippen molar-refractivity contribution in [1.82, 2.24) is 15.1 Å². The van der Waals surface area contributed by atoms with E-state index < -0.39 is 0 Å². The van der Waals surface area contributed by atoms with Gasteiger partial charge in [-0.1, -0.05) is 17.7 Å². The molecule has 0 radical (unpaired) electrons.